The number of nitrogens with two attached hydrogens (primary N) is 1. The summed E-state index contributed by atoms with van der Waals surface area (Å²) in [7, 11) is 0. The summed E-state index contributed by atoms with van der Waals surface area (Å²) in [4.78, 5) is 18.5. The van der Waals surface area contributed by atoms with Crippen molar-refractivity contribution >= 4 is 11.8 Å². The van der Waals surface area contributed by atoms with E-state index in [1.54, 1.807) is 12.1 Å². The smallest absolute Gasteiger partial charge is 0.402 e. The summed E-state index contributed by atoms with van der Waals surface area (Å²) in [6, 6.07) is 6.11. The second-order valence-corrected chi connectivity index (χ2v) is 2.38. The molecule has 0 spiro atoms. The van der Waals surface area contributed by atoms with Crippen molar-refractivity contribution in [2.24, 2.45) is 5.73 Å². The fourth-order valence-corrected chi connectivity index (χ4v) is 0.823. The van der Waals surface area contributed by atoms with Crippen LogP contribution in [0.15, 0.2) is 24.3 Å². The molecule has 0 saturated carbocycles. The third-order valence-corrected chi connectivity index (χ3v) is 1.36. The predicted octanol–water partition coefficient (Wildman–Crippen LogP) is 0.710. The number of para-hydroxylation sites is 1. The number of hydrogen-bond acceptors (Lipinski definition) is 4. The first-order valence-electron chi connectivity index (χ1n) is 3.80. The molecule has 1 aromatic carbocycles. The molecule has 0 saturated heterocycles. The number of carbonyl (C=O) groups is 1. The van der Waals surface area contributed by atoms with Gasteiger partial charge in [0, 0.05) is 6.07 Å². The number of nitro groups is 1. The molecular formula is C8H10N2O5. The van der Waals surface area contributed by atoms with Crippen LogP contribution in [0.4, 0.5) is 10.5 Å². The molecule has 0 unspecified atom stereocenters. The molecule has 7 heteroatoms. The van der Waals surface area contributed by atoms with E-state index >= 15 is 0 Å². The van der Waals surface area contributed by atoms with Crippen molar-refractivity contribution in [1.29, 1.82) is 0 Å². The van der Waals surface area contributed by atoms with Gasteiger partial charge >= 0.3 is 6.09 Å². The van der Waals surface area contributed by atoms with Gasteiger partial charge in [-0.15, -0.1) is 0 Å². The maximum absolute atomic E-state index is 10.3. The Bertz CT molecular complexity index is 349. The zero-order valence-corrected chi connectivity index (χ0v) is 7.66. The molecule has 4 N–H and O–H groups in total. The van der Waals surface area contributed by atoms with Gasteiger partial charge in [-0.3, -0.25) is 10.1 Å². The van der Waals surface area contributed by atoms with Gasteiger partial charge < -0.3 is 15.9 Å². The molecule has 0 heterocycles. The van der Waals surface area contributed by atoms with Crippen LogP contribution in [0.25, 0.3) is 0 Å². The number of rotatable bonds is 2. The number of amides is 1. The topological polar surface area (TPSA) is 127 Å². The lowest BCUT2D eigenvalue weighted by Crippen LogP contribution is -2.03. The maximum atomic E-state index is 10.3. The minimum absolute atomic E-state index is 0.0324. The summed E-state index contributed by atoms with van der Waals surface area (Å²) in [5.74, 6) is 0. The Morgan fingerprint density at radius 3 is 2.27 bits per heavy atom. The number of carboxylic acid groups (broad SMARTS) is 1. The number of aliphatic hydroxyl groups is 1. The molecule has 1 rings (SSSR count). The maximum Gasteiger partial charge on any atom is 0.402 e. The Kier molecular flexibility index (Phi) is 5.42. The van der Waals surface area contributed by atoms with E-state index in [2.05, 4.69) is 5.73 Å². The molecule has 7 nitrogen and oxygen atoms in total. The molecule has 15 heavy (non-hydrogen) atoms. The van der Waals surface area contributed by atoms with Crippen molar-refractivity contribution in [2.45, 2.75) is 6.61 Å². The van der Waals surface area contributed by atoms with E-state index in [4.69, 9.17) is 15.0 Å². The Hall–Kier alpha value is -2.15. The zero-order chi connectivity index (χ0) is 11.8. The van der Waals surface area contributed by atoms with E-state index in [0.717, 1.165) is 0 Å². The van der Waals surface area contributed by atoms with Gasteiger partial charge in [0.15, 0.2) is 0 Å². The van der Waals surface area contributed by atoms with Crippen LogP contribution in [0, 0.1) is 10.1 Å². The van der Waals surface area contributed by atoms with Crippen LogP contribution < -0.4 is 5.73 Å². The number of nitro benzene ring substituents is 1. The summed E-state index contributed by atoms with van der Waals surface area (Å²) in [5.41, 5.74) is 4.34. The van der Waals surface area contributed by atoms with Gasteiger partial charge in [0.25, 0.3) is 5.69 Å². The molecule has 1 amide bonds. The molecule has 0 aliphatic rings. The van der Waals surface area contributed by atoms with Crippen molar-refractivity contribution in [1.82, 2.24) is 0 Å². The lowest BCUT2D eigenvalue weighted by atomic mass is 10.2. The van der Waals surface area contributed by atoms with Crippen LogP contribution >= 0.6 is 0 Å². The van der Waals surface area contributed by atoms with E-state index < -0.39 is 11.0 Å². The third-order valence-electron chi connectivity index (χ3n) is 1.36. The summed E-state index contributed by atoms with van der Waals surface area (Å²) < 4.78 is 0. The molecule has 0 aromatic heterocycles. The lowest BCUT2D eigenvalue weighted by molar-refractivity contribution is -0.385. The summed E-state index contributed by atoms with van der Waals surface area (Å²) in [6.45, 7) is -0.294. The van der Waals surface area contributed by atoms with Crippen molar-refractivity contribution in [3.63, 3.8) is 0 Å². The Morgan fingerprint density at radius 1 is 1.47 bits per heavy atom. The third kappa shape index (κ3) is 5.21. The molecule has 0 bridgehead atoms. The first-order chi connectivity index (χ1) is 6.99. The van der Waals surface area contributed by atoms with Crippen LogP contribution in [0.2, 0.25) is 0 Å². The molecule has 0 atom stereocenters. The average molecular weight is 214 g/mol. The highest BCUT2D eigenvalue weighted by molar-refractivity contribution is 5.61. The number of benzene rings is 1. The highest BCUT2D eigenvalue weighted by Crippen LogP contribution is 2.16. The number of aliphatic hydroxyl groups excluding tert-OH is 1. The van der Waals surface area contributed by atoms with Gasteiger partial charge in [-0.2, -0.15) is 0 Å². The molecule has 0 radical (unpaired) electrons. The second-order valence-electron chi connectivity index (χ2n) is 2.38. The van der Waals surface area contributed by atoms with E-state index in [9.17, 15) is 10.1 Å². The van der Waals surface area contributed by atoms with Crippen LogP contribution in [-0.2, 0) is 6.61 Å². The molecule has 82 valence electrons. The number of hydrogen-bond donors (Lipinski definition) is 3. The van der Waals surface area contributed by atoms with Gasteiger partial charge in [0.2, 0.25) is 0 Å². The van der Waals surface area contributed by atoms with Crippen LogP contribution in [0.3, 0.4) is 0 Å². The second kappa shape index (κ2) is 6.33. The van der Waals surface area contributed by atoms with E-state index in [0.29, 0.717) is 5.56 Å². The van der Waals surface area contributed by atoms with Gasteiger partial charge in [-0.25, -0.2) is 4.79 Å². The Balaban J connectivity index is 0.000000423. The number of nitrogens with zero attached hydrogens (tertiary/aromatic N) is 1. The van der Waals surface area contributed by atoms with E-state index in [-0.39, 0.29) is 12.3 Å². The minimum Gasteiger partial charge on any atom is -0.465 e. The molecule has 0 fully saturated rings. The van der Waals surface area contributed by atoms with Gasteiger partial charge in [0.05, 0.1) is 17.1 Å². The first kappa shape index (κ1) is 12.8. The fourth-order valence-electron chi connectivity index (χ4n) is 0.823. The SMILES string of the molecule is NC(=O)O.O=[N+]([O-])c1ccccc1CO. The lowest BCUT2D eigenvalue weighted by Gasteiger charge is -1.96. The van der Waals surface area contributed by atoms with Crippen LogP contribution in [0.1, 0.15) is 5.56 Å². The fraction of sp³-hybridized carbons (Fsp3) is 0.125. The first-order valence-corrected chi connectivity index (χ1v) is 3.80. The monoisotopic (exact) mass is 214 g/mol. The Labute approximate surface area is 84.9 Å². The molecule has 1 aromatic rings. The molecule has 0 aliphatic carbocycles. The largest absolute Gasteiger partial charge is 0.465 e. The summed E-state index contributed by atoms with van der Waals surface area (Å²) in [5, 5.41) is 26.1. The zero-order valence-electron chi connectivity index (χ0n) is 7.66. The van der Waals surface area contributed by atoms with Crippen LogP contribution in [-0.4, -0.2) is 21.2 Å². The highest BCUT2D eigenvalue weighted by Gasteiger charge is 2.09. The van der Waals surface area contributed by atoms with Gasteiger partial charge in [-0.05, 0) is 6.07 Å². The molecular weight excluding hydrogens is 204 g/mol. The van der Waals surface area contributed by atoms with Crippen molar-refractivity contribution in [3.05, 3.63) is 39.9 Å². The van der Waals surface area contributed by atoms with E-state index in [1.807, 2.05) is 0 Å². The minimum atomic E-state index is -1.33. The number of primary amides is 1. The predicted molar refractivity (Wildman–Crippen MR) is 51.2 cm³/mol. The average Bonchev–Trinajstić information content (AvgIpc) is 2.16. The van der Waals surface area contributed by atoms with Crippen molar-refractivity contribution < 1.29 is 19.9 Å². The van der Waals surface area contributed by atoms with Crippen molar-refractivity contribution in [3.8, 4) is 0 Å². The summed E-state index contributed by atoms with van der Waals surface area (Å²) in [6.07, 6.45) is -1.33. The van der Waals surface area contributed by atoms with Crippen molar-refractivity contribution in [2.75, 3.05) is 0 Å². The van der Waals surface area contributed by atoms with Gasteiger partial charge in [-0.1, -0.05) is 12.1 Å². The highest BCUT2D eigenvalue weighted by atomic mass is 16.6. The molecule has 0 aliphatic heterocycles. The van der Waals surface area contributed by atoms with Crippen LogP contribution in [0.5, 0.6) is 0 Å². The quantitative estimate of drug-likeness (QED) is 0.493. The standard InChI is InChI=1S/C7H7NO3.CH3NO2/c9-5-6-3-1-2-4-7(6)8(10)11;2-1(3)4/h1-4,9H,5H2;2H2,(H,3,4). The van der Waals surface area contributed by atoms with E-state index in [1.165, 1.54) is 12.1 Å². The van der Waals surface area contributed by atoms with Gasteiger partial charge in [0.1, 0.15) is 0 Å². The summed E-state index contributed by atoms with van der Waals surface area (Å²) >= 11 is 0. The Morgan fingerprint density at radius 2 is 1.93 bits per heavy atom. The normalized spacial score (nSPS) is 8.60.